The fraction of sp³-hybridized carbons (Fsp3) is 0.350. The summed E-state index contributed by atoms with van der Waals surface area (Å²) in [4.78, 5) is 13.8. The Bertz CT molecular complexity index is 804. The molecule has 136 valence electrons. The standard InChI is InChI=1S/C20H20ClFN2O2/c21-16-4-2-14(3-5-16)15-7-9-24(10-8-15)12-13-1-6-18-17(11-13)23-20(25)19(22)26-18/h1-6,11,15,19H,7-10,12H2,(H,23,25). The zero-order valence-electron chi connectivity index (χ0n) is 14.3. The lowest BCUT2D eigenvalue weighted by Crippen LogP contribution is -2.34. The zero-order chi connectivity index (χ0) is 18.1. The number of fused-ring (bicyclic) bond motifs is 1. The number of halogens is 2. The third-order valence-corrected chi connectivity index (χ3v) is 5.33. The zero-order valence-corrected chi connectivity index (χ0v) is 15.0. The van der Waals surface area contributed by atoms with Crippen LogP contribution >= 0.6 is 11.6 Å². The van der Waals surface area contributed by atoms with Gasteiger partial charge >= 0.3 is 6.36 Å². The number of ether oxygens (including phenoxy) is 1. The van der Waals surface area contributed by atoms with Gasteiger partial charge in [-0.2, -0.15) is 4.39 Å². The maximum Gasteiger partial charge on any atom is 0.317 e. The molecule has 1 atom stereocenters. The SMILES string of the molecule is O=C1Nc2cc(CN3CCC(c4ccc(Cl)cc4)CC3)ccc2OC1F. The van der Waals surface area contributed by atoms with Crippen LogP contribution < -0.4 is 10.1 Å². The number of piperidine rings is 1. The Labute approximate surface area is 156 Å². The number of benzene rings is 2. The van der Waals surface area contributed by atoms with Crippen molar-refractivity contribution in [3.8, 4) is 5.75 Å². The summed E-state index contributed by atoms with van der Waals surface area (Å²) in [5.74, 6) is 0.196. The van der Waals surface area contributed by atoms with Gasteiger partial charge in [0.25, 0.3) is 5.91 Å². The van der Waals surface area contributed by atoms with E-state index in [0.29, 0.717) is 17.4 Å². The summed E-state index contributed by atoms with van der Waals surface area (Å²) in [5, 5.41) is 3.32. The molecule has 2 aromatic rings. The first-order valence-electron chi connectivity index (χ1n) is 8.81. The number of hydrogen-bond donors (Lipinski definition) is 1. The molecule has 2 aromatic carbocycles. The average molecular weight is 375 g/mol. The number of carbonyl (C=O) groups is 1. The van der Waals surface area contributed by atoms with Crippen LogP contribution in [0.1, 0.15) is 29.9 Å². The first-order valence-corrected chi connectivity index (χ1v) is 9.18. The van der Waals surface area contributed by atoms with E-state index in [0.717, 1.165) is 43.1 Å². The molecule has 2 aliphatic heterocycles. The molecule has 26 heavy (non-hydrogen) atoms. The lowest BCUT2D eigenvalue weighted by Gasteiger charge is -2.32. The summed E-state index contributed by atoms with van der Waals surface area (Å²) in [5.41, 5.74) is 2.97. The van der Waals surface area contributed by atoms with Crippen molar-refractivity contribution in [3.63, 3.8) is 0 Å². The second-order valence-corrected chi connectivity index (χ2v) is 7.29. The highest BCUT2D eigenvalue weighted by Crippen LogP contribution is 2.33. The number of hydrogen-bond acceptors (Lipinski definition) is 3. The molecule has 0 aromatic heterocycles. The number of anilines is 1. The minimum atomic E-state index is -1.93. The molecule has 6 heteroatoms. The van der Waals surface area contributed by atoms with Crippen LogP contribution in [0.2, 0.25) is 5.02 Å². The number of amides is 1. The maximum absolute atomic E-state index is 13.3. The fourth-order valence-corrected chi connectivity index (χ4v) is 3.77. The number of alkyl halides is 1. The average Bonchev–Trinajstić information content (AvgIpc) is 2.64. The van der Waals surface area contributed by atoms with Gasteiger partial charge in [-0.05, 0) is 67.2 Å². The molecule has 0 saturated carbocycles. The van der Waals surface area contributed by atoms with E-state index in [-0.39, 0.29) is 0 Å². The van der Waals surface area contributed by atoms with E-state index in [4.69, 9.17) is 16.3 Å². The first-order chi connectivity index (χ1) is 12.6. The molecule has 4 rings (SSSR count). The highest BCUT2D eigenvalue weighted by Gasteiger charge is 2.27. The molecule has 1 fully saturated rings. The molecule has 0 aliphatic carbocycles. The third-order valence-electron chi connectivity index (χ3n) is 5.07. The van der Waals surface area contributed by atoms with Crippen molar-refractivity contribution in [2.45, 2.75) is 31.7 Å². The summed E-state index contributed by atoms with van der Waals surface area (Å²) >= 11 is 5.97. The maximum atomic E-state index is 13.3. The number of carbonyl (C=O) groups excluding carboxylic acids is 1. The van der Waals surface area contributed by atoms with Crippen molar-refractivity contribution in [1.82, 2.24) is 4.90 Å². The van der Waals surface area contributed by atoms with Crippen LogP contribution in [0.4, 0.5) is 10.1 Å². The lowest BCUT2D eigenvalue weighted by atomic mass is 9.89. The van der Waals surface area contributed by atoms with Crippen LogP contribution in [-0.4, -0.2) is 30.3 Å². The normalized spacial score (nSPS) is 21.0. The second-order valence-electron chi connectivity index (χ2n) is 6.86. The van der Waals surface area contributed by atoms with Gasteiger partial charge in [-0.3, -0.25) is 9.69 Å². The van der Waals surface area contributed by atoms with Gasteiger partial charge in [-0.25, -0.2) is 0 Å². The number of nitrogens with one attached hydrogen (secondary N) is 1. The smallest absolute Gasteiger partial charge is 0.317 e. The van der Waals surface area contributed by atoms with Gasteiger partial charge in [0.15, 0.2) is 0 Å². The van der Waals surface area contributed by atoms with E-state index in [9.17, 15) is 9.18 Å². The molecule has 2 aliphatic rings. The molecule has 0 radical (unpaired) electrons. The predicted molar refractivity (Wildman–Crippen MR) is 99.3 cm³/mol. The van der Waals surface area contributed by atoms with Crippen molar-refractivity contribution in [1.29, 1.82) is 0 Å². The molecule has 1 unspecified atom stereocenters. The Kier molecular flexibility index (Phi) is 4.83. The summed E-state index contributed by atoms with van der Waals surface area (Å²) in [6.45, 7) is 2.83. The minimum absolute atomic E-state index is 0.377. The fourth-order valence-electron chi connectivity index (χ4n) is 3.65. The molecule has 0 bridgehead atoms. The van der Waals surface area contributed by atoms with Crippen LogP contribution in [0.25, 0.3) is 0 Å². The molecule has 2 heterocycles. The Balaban J connectivity index is 1.37. The van der Waals surface area contributed by atoms with E-state index >= 15 is 0 Å². The van der Waals surface area contributed by atoms with E-state index in [1.807, 2.05) is 24.3 Å². The van der Waals surface area contributed by atoms with E-state index in [2.05, 4.69) is 22.3 Å². The minimum Gasteiger partial charge on any atom is -0.450 e. The molecule has 0 spiro atoms. The summed E-state index contributed by atoms with van der Waals surface area (Å²) in [6.07, 6.45) is 0.284. The Morgan fingerprint density at radius 2 is 1.88 bits per heavy atom. The van der Waals surface area contributed by atoms with Crippen molar-refractivity contribution < 1.29 is 13.9 Å². The topological polar surface area (TPSA) is 41.6 Å². The Hall–Kier alpha value is -2.11. The summed E-state index contributed by atoms with van der Waals surface area (Å²) < 4.78 is 18.2. The van der Waals surface area contributed by atoms with Crippen LogP contribution in [0.3, 0.4) is 0 Å². The van der Waals surface area contributed by atoms with E-state index < -0.39 is 12.3 Å². The van der Waals surface area contributed by atoms with Crippen LogP contribution in [0.15, 0.2) is 42.5 Å². The predicted octanol–water partition coefficient (Wildman–Crippen LogP) is 4.35. The highest BCUT2D eigenvalue weighted by atomic mass is 35.5. The first kappa shape index (κ1) is 17.3. The lowest BCUT2D eigenvalue weighted by molar-refractivity contribution is -0.130. The van der Waals surface area contributed by atoms with Crippen molar-refractivity contribution in [2.24, 2.45) is 0 Å². The molecule has 1 amide bonds. The van der Waals surface area contributed by atoms with Gasteiger partial charge < -0.3 is 10.1 Å². The van der Waals surface area contributed by atoms with E-state index in [1.165, 1.54) is 5.56 Å². The van der Waals surface area contributed by atoms with Crippen LogP contribution in [0.5, 0.6) is 5.75 Å². The number of rotatable bonds is 3. The van der Waals surface area contributed by atoms with Gasteiger partial charge in [0.2, 0.25) is 0 Å². The van der Waals surface area contributed by atoms with Gasteiger partial charge in [-0.1, -0.05) is 29.8 Å². The molecular formula is C20H20ClFN2O2. The Morgan fingerprint density at radius 3 is 2.62 bits per heavy atom. The van der Waals surface area contributed by atoms with Gasteiger partial charge in [0.1, 0.15) is 5.75 Å². The highest BCUT2D eigenvalue weighted by molar-refractivity contribution is 6.30. The molecular weight excluding hydrogens is 355 g/mol. The van der Waals surface area contributed by atoms with Crippen LogP contribution in [0, 0.1) is 0 Å². The van der Waals surface area contributed by atoms with Gasteiger partial charge in [0.05, 0.1) is 5.69 Å². The van der Waals surface area contributed by atoms with Crippen molar-refractivity contribution in [3.05, 3.63) is 58.6 Å². The van der Waals surface area contributed by atoms with Crippen molar-refractivity contribution >= 4 is 23.2 Å². The number of nitrogens with zero attached hydrogens (tertiary/aromatic N) is 1. The summed E-state index contributed by atoms with van der Waals surface area (Å²) in [7, 11) is 0. The molecule has 1 N–H and O–H groups in total. The van der Waals surface area contributed by atoms with Gasteiger partial charge in [-0.15, -0.1) is 0 Å². The largest absolute Gasteiger partial charge is 0.450 e. The summed E-state index contributed by atoms with van der Waals surface area (Å²) in [6, 6.07) is 13.7. The second kappa shape index (κ2) is 7.25. The van der Waals surface area contributed by atoms with Crippen LogP contribution in [-0.2, 0) is 11.3 Å². The molecule has 4 nitrogen and oxygen atoms in total. The quantitative estimate of drug-likeness (QED) is 0.868. The monoisotopic (exact) mass is 374 g/mol. The van der Waals surface area contributed by atoms with E-state index in [1.54, 1.807) is 6.07 Å². The Morgan fingerprint density at radius 1 is 1.15 bits per heavy atom. The third kappa shape index (κ3) is 3.69. The van der Waals surface area contributed by atoms with Gasteiger partial charge in [0, 0.05) is 11.6 Å². The molecule has 1 saturated heterocycles. The van der Waals surface area contributed by atoms with Crippen molar-refractivity contribution in [2.75, 3.05) is 18.4 Å². The number of likely N-dealkylation sites (tertiary alicyclic amines) is 1.